The first-order chi connectivity index (χ1) is 15.7. The number of amides is 1. The number of nitrogens with zero attached hydrogens (tertiary/aromatic N) is 3. The van der Waals surface area contributed by atoms with Crippen molar-refractivity contribution in [3.05, 3.63) is 96.5 Å². The standard InChI is InChI=1S/C25H20N4O3/c26-13-15-31-22-10-7-19(8-11-22)9-12-25(30)28-20-4-3-5-23(16-20)32-18-21-17-29-14-2-1-6-24(29)27-21/h1-12,14,16-17H,15,18H2,(H,28,30)/b12-9+. The molecule has 0 saturated heterocycles. The molecule has 4 rings (SSSR count). The molecule has 2 aromatic carbocycles. The maximum Gasteiger partial charge on any atom is 0.248 e. The van der Waals surface area contributed by atoms with Gasteiger partial charge in [0, 0.05) is 30.2 Å². The van der Waals surface area contributed by atoms with E-state index in [1.165, 1.54) is 6.08 Å². The lowest BCUT2D eigenvalue weighted by molar-refractivity contribution is -0.111. The average molecular weight is 424 g/mol. The molecule has 0 unspecified atom stereocenters. The Bertz CT molecular complexity index is 1250. The van der Waals surface area contributed by atoms with E-state index in [1.54, 1.807) is 30.3 Å². The molecule has 158 valence electrons. The molecule has 7 heteroatoms. The second-order valence-corrected chi connectivity index (χ2v) is 6.85. The van der Waals surface area contributed by atoms with Crippen LogP contribution in [0, 0.1) is 11.3 Å². The van der Waals surface area contributed by atoms with Crippen LogP contribution in [0.5, 0.6) is 11.5 Å². The van der Waals surface area contributed by atoms with Crippen molar-refractivity contribution in [2.24, 2.45) is 0 Å². The lowest BCUT2D eigenvalue weighted by Gasteiger charge is -2.07. The van der Waals surface area contributed by atoms with E-state index >= 15 is 0 Å². The predicted molar refractivity (Wildman–Crippen MR) is 121 cm³/mol. The first-order valence-electron chi connectivity index (χ1n) is 9.94. The Morgan fingerprint density at radius 1 is 1.06 bits per heavy atom. The molecule has 0 radical (unpaired) electrons. The summed E-state index contributed by atoms with van der Waals surface area (Å²) in [5, 5.41) is 11.4. The quantitative estimate of drug-likeness (QED) is 0.422. The highest BCUT2D eigenvalue weighted by atomic mass is 16.5. The second-order valence-electron chi connectivity index (χ2n) is 6.85. The number of nitriles is 1. The molecule has 0 atom stereocenters. The smallest absolute Gasteiger partial charge is 0.248 e. The predicted octanol–water partition coefficient (Wildman–Crippen LogP) is 4.47. The third-order valence-corrected chi connectivity index (χ3v) is 4.51. The molecule has 4 aromatic rings. The molecule has 2 heterocycles. The minimum absolute atomic E-state index is 0.000643. The molecule has 1 amide bonds. The first kappa shape index (κ1) is 20.7. The third-order valence-electron chi connectivity index (χ3n) is 4.51. The van der Waals surface area contributed by atoms with Crippen LogP contribution < -0.4 is 14.8 Å². The maximum atomic E-state index is 12.3. The molecular weight excluding hydrogens is 404 g/mol. The zero-order valence-corrected chi connectivity index (χ0v) is 17.1. The highest BCUT2D eigenvalue weighted by molar-refractivity contribution is 6.02. The normalized spacial score (nSPS) is 10.7. The van der Waals surface area contributed by atoms with Crippen molar-refractivity contribution in [1.29, 1.82) is 5.26 Å². The summed E-state index contributed by atoms with van der Waals surface area (Å²) in [7, 11) is 0. The Kier molecular flexibility index (Phi) is 6.44. The Morgan fingerprint density at radius 2 is 1.94 bits per heavy atom. The van der Waals surface area contributed by atoms with Crippen molar-refractivity contribution in [3.63, 3.8) is 0 Å². The number of fused-ring (bicyclic) bond motifs is 1. The number of hydrogen-bond acceptors (Lipinski definition) is 5. The molecule has 0 aliphatic carbocycles. The molecule has 0 bridgehead atoms. The topological polar surface area (TPSA) is 88.6 Å². The van der Waals surface area contributed by atoms with Crippen molar-refractivity contribution in [2.75, 3.05) is 11.9 Å². The van der Waals surface area contributed by atoms with Crippen LogP contribution in [-0.4, -0.2) is 21.9 Å². The molecule has 32 heavy (non-hydrogen) atoms. The van der Waals surface area contributed by atoms with Gasteiger partial charge in [0.05, 0.1) is 5.69 Å². The van der Waals surface area contributed by atoms with Crippen LogP contribution in [0.25, 0.3) is 11.7 Å². The van der Waals surface area contributed by atoms with Crippen LogP contribution in [0.1, 0.15) is 11.3 Å². The van der Waals surface area contributed by atoms with Gasteiger partial charge in [0.2, 0.25) is 5.91 Å². The minimum atomic E-state index is -0.257. The molecule has 0 fully saturated rings. The van der Waals surface area contributed by atoms with E-state index in [-0.39, 0.29) is 12.5 Å². The number of hydrogen-bond donors (Lipinski definition) is 1. The van der Waals surface area contributed by atoms with Gasteiger partial charge in [0.1, 0.15) is 29.8 Å². The summed E-state index contributed by atoms with van der Waals surface area (Å²) in [6.45, 7) is 0.326. The van der Waals surface area contributed by atoms with Crippen molar-refractivity contribution >= 4 is 23.3 Å². The van der Waals surface area contributed by atoms with Crippen LogP contribution in [0.3, 0.4) is 0 Å². The van der Waals surface area contributed by atoms with Crippen LogP contribution >= 0.6 is 0 Å². The number of pyridine rings is 1. The maximum absolute atomic E-state index is 12.3. The summed E-state index contributed by atoms with van der Waals surface area (Å²) in [6.07, 6.45) is 7.02. The zero-order valence-electron chi connectivity index (χ0n) is 17.1. The van der Waals surface area contributed by atoms with E-state index in [0.717, 1.165) is 16.9 Å². The zero-order chi connectivity index (χ0) is 22.2. The van der Waals surface area contributed by atoms with Gasteiger partial charge in [-0.25, -0.2) is 4.98 Å². The Balaban J connectivity index is 1.32. The molecule has 7 nitrogen and oxygen atoms in total. The Labute approximate surface area is 185 Å². The highest BCUT2D eigenvalue weighted by Gasteiger charge is 2.04. The monoisotopic (exact) mass is 424 g/mol. The molecule has 2 aromatic heterocycles. The lowest BCUT2D eigenvalue weighted by atomic mass is 10.2. The van der Waals surface area contributed by atoms with Gasteiger partial charge in [-0.05, 0) is 48.0 Å². The van der Waals surface area contributed by atoms with Crippen molar-refractivity contribution in [1.82, 2.24) is 9.38 Å². The van der Waals surface area contributed by atoms with E-state index in [0.29, 0.717) is 23.8 Å². The number of imidazole rings is 1. The summed E-state index contributed by atoms with van der Waals surface area (Å²) in [5.41, 5.74) is 3.15. The van der Waals surface area contributed by atoms with Gasteiger partial charge in [0.15, 0.2) is 6.61 Å². The highest BCUT2D eigenvalue weighted by Crippen LogP contribution is 2.19. The van der Waals surface area contributed by atoms with Gasteiger partial charge < -0.3 is 19.2 Å². The van der Waals surface area contributed by atoms with Gasteiger partial charge >= 0.3 is 0 Å². The number of anilines is 1. The molecule has 0 aliphatic heterocycles. The van der Waals surface area contributed by atoms with E-state index in [2.05, 4.69) is 10.3 Å². The number of nitrogens with one attached hydrogen (secondary N) is 1. The minimum Gasteiger partial charge on any atom is -0.487 e. The number of benzene rings is 2. The number of rotatable bonds is 8. The largest absolute Gasteiger partial charge is 0.487 e. The van der Waals surface area contributed by atoms with E-state index in [9.17, 15) is 4.79 Å². The Hall–Kier alpha value is -4.57. The Morgan fingerprint density at radius 3 is 2.75 bits per heavy atom. The molecule has 1 N–H and O–H groups in total. The van der Waals surface area contributed by atoms with Crippen molar-refractivity contribution < 1.29 is 14.3 Å². The molecule has 0 saturated carbocycles. The molecule has 0 spiro atoms. The summed E-state index contributed by atoms with van der Waals surface area (Å²) < 4.78 is 13.0. The van der Waals surface area contributed by atoms with Gasteiger partial charge in [0.25, 0.3) is 0 Å². The second kappa shape index (κ2) is 9.96. The van der Waals surface area contributed by atoms with Crippen LogP contribution in [0.15, 0.2) is 85.2 Å². The van der Waals surface area contributed by atoms with E-state index < -0.39 is 0 Å². The van der Waals surface area contributed by atoms with Gasteiger partial charge in [-0.3, -0.25) is 4.79 Å². The fraction of sp³-hybridized carbons (Fsp3) is 0.0800. The van der Waals surface area contributed by atoms with Crippen molar-refractivity contribution in [3.8, 4) is 17.6 Å². The fourth-order valence-electron chi connectivity index (χ4n) is 3.02. The van der Waals surface area contributed by atoms with Crippen LogP contribution in [0.2, 0.25) is 0 Å². The summed E-state index contributed by atoms with van der Waals surface area (Å²) in [4.78, 5) is 16.8. The SMILES string of the molecule is N#CCOc1ccc(/C=C/C(=O)Nc2cccc(OCc3cn4ccccc4n3)c2)cc1. The summed E-state index contributed by atoms with van der Waals surface area (Å²) in [6, 6.07) is 22.1. The van der Waals surface area contributed by atoms with Gasteiger partial charge in [-0.1, -0.05) is 24.3 Å². The number of ether oxygens (including phenoxy) is 2. The van der Waals surface area contributed by atoms with Gasteiger partial charge in [-0.2, -0.15) is 5.26 Å². The summed E-state index contributed by atoms with van der Waals surface area (Å²) >= 11 is 0. The number of aromatic nitrogens is 2. The third kappa shape index (κ3) is 5.52. The number of carbonyl (C=O) groups is 1. The van der Waals surface area contributed by atoms with E-state index in [1.807, 2.05) is 65.3 Å². The van der Waals surface area contributed by atoms with Gasteiger partial charge in [-0.15, -0.1) is 0 Å². The molecule has 0 aliphatic rings. The van der Waals surface area contributed by atoms with E-state index in [4.69, 9.17) is 14.7 Å². The summed E-state index contributed by atoms with van der Waals surface area (Å²) in [5.74, 6) is 0.984. The molecular formula is C25H20N4O3. The van der Waals surface area contributed by atoms with Crippen LogP contribution in [0.4, 0.5) is 5.69 Å². The lowest BCUT2D eigenvalue weighted by Crippen LogP contribution is -2.07. The fourth-order valence-corrected chi connectivity index (χ4v) is 3.02. The number of carbonyl (C=O) groups excluding carboxylic acids is 1. The van der Waals surface area contributed by atoms with Crippen LogP contribution in [-0.2, 0) is 11.4 Å². The average Bonchev–Trinajstić information content (AvgIpc) is 3.24. The van der Waals surface area contributed by atoms with Crippen molar-refractivity contribution in [2.45, 2.75) is 6.61 Å². The first-order valence-corrected chi connectivity index (χ1v) is 9.94.